The van der Waals surface area contributed by atoms with E-state index in [1.165, 1.54) is 12.0 Å². The van der Waals surface area contributed by atoms with Crippen LogP contribution in [0.3, 0.4) is 0 Å². The number of rotatable bonds is 2. The van der Waals surface area contributed by atoms with Crippen molar-refractivity contribution in [3.8, 4) is 0 Å². The summed E-state index contributed by atoms with van der Waals surface area (Å²) < 4.78 is 5.20. The van der Waals surface area contributed by atoms with Crippen LogP contribution in [-0.4, -0.2) is 36.5 Å². The van der Waals surface area contributed by atoms with Crippen molar-refractivity contribution in [3.05, 3.63) is 54.5 Å². The molecule has 1 unspecified atom stereocenters. The van der Waals surface area contributed by atoms with Gasteiger partial charge in [0.15, 0.2) is 5.76 Å². The van der Waals surface area contributed by atoms with Crippen molar-refractivity contribution in [2.45, 2.75) is 13.0 Å². The lowest BCUT2D eigenvalue weighted by Gasteiger charge is -2.40. The average molecular weight is 270 g/mol. The Morgan fingerprint density at radius 1 is 1.15 bits per heavy atom. The lowest BCUT2D eigenvalue weighted by Crippen LogP contribution is -2.54. The molecule has 1 saturated heterocycles. The maximum absolute atomic E-state index is 12.3. The minimum absolute atomic E-state index is 0.0183. The van der Waals surface area contributed by atoms with Gasteiger partial charge in [-0.25, -0.2) is 0 Å². The summed E-state index contributed by atoms with van der Waals surface area (Å²) in [5.41, 5.74) is 1.21. The number of piperazine rings is 1. The van der Waals surface area contributed by atoms with Crippen molar-refractivity contribution >= 4 is 11.6 Å². The van der Waals surface area contributed by atoms with Crippen LogP contribution in [0.4, 0.5) is 5.69 Å². The lowest BCUT2D eigenvalue weighted by atomic mass is 10.1. The second-order valence-electron chi connectivity index (χ2n) is 5.11. The first-order chi connectivity index (χ1) is 9.75. The molecule has 2 aromatic rings. The lowest BCUT2D eigenvalue weighted by molar-refractivity contribution is 0.0641. The molecular formula is C16H18N2O2. The minimum Gasteiger partial charge on any atom is -0.459 e. The van der Waals surface area contributed by atoms with Crippen LogP contribution in [0.5, 0.6) is 0 Å². The van der Waals surface area contributed by atoms with E-state index in [0.717, 1.165) is 19.6 Å². The first-order valence-electron chi connectivity index (χ1n) is 6.90. The van der Waals surface area contributed by atoms with Crippen LogP contribution in [0.2, 0.25) is 0 Å². The van der Waals surface area contributed by atoms with E-state index in [0.29, 0.717) is 5.76 Å². The largest absolute Gasteiger partial charge is 0.459 e. The van der Waals surface area contributed by atoms with E-state index < -0.39 is 0 Å². The van der Waals surface area contributed by atoms with Crippen molar-refractivity contribution in [3.63, 3.8) is 0 Å². The van der Waals surface area contributed by atoms with Crippen LogP contribution in [0.25, 0.3) is 0 Å². The van der Waals surface area contributed by atoms with Crippen LogP contribution < -0.4 is 4.90 Å². The first-order valence-corrected chi connectivity index (χ1v) is 6.90. The van der Waals surface area contributed by atoms with Crippen LogP contribution in [0, 0.1) is 0 Å². The molecule has 3 rings (SSSR count). The Balaban J connectivity index is 1.70. The fourth-order valence-electron chi connectivity index (χ4n) is 2.67. The number of furan rings is 1. The molecule has 0 aliphatic carbocycles. The Hall–Kier alpha value is -2.23. The Bertz CT molecular complexity index is 565. The normalized spacial score (nSPS) is 19.1. The van der Waals surface area contributed by atoms with E-state index in [-0.39, 0.29) is 11.9 Å². The number of para-hydroxylation sites is 1. The molecule has 1 atom stereocenters. The molecule has 0 radical (unpaired) electrons. The third-order valence-electron chi connectivity index (χ3n) is 3.74. The number of benzene rings is 1. The SMILES string of the molecule is CC1CN(c2ccccc2)CCN1C(=O)c1ccco1. The van der Waals surface area contributed by atoms with Crippen LogP contribution in [-0.2, 0) is 0 Å². The molecule has 1 fully saturated rings. The standard InChI is InChI=1S/C16H18N2O2/c1-13-12-17(14-6-3-2-4-7-14)9-10-18(13)16(19)15-8-5-11-20-15/h2-8,11,13H,9-10,12H2,1H3. The van der Waals surface area contributed by atoms with Crippen molar-refractivity contribution in [2.24, 2.45) is 0 Å². The van der Waals surface area contributed by atoms with E-state index in [2.05, 4.69) is 24.0 Å². The highest BCUT2D eigenvalue weighted by atomic mass is 16.3. The minimum atomic E-state index is -0.0183. The van der Waals surface area contributed by atoms with Gasteiger partial charge in [-0.15, -0.1) is 0 Å². The van der Waals surface area contributed by atoms with Crippen molar-refractivity contribution in [1.82, 2.24) is 4.90 Å². The second-order valence-corrected chi connectivity index (χ2v) is 5.11. The Morgan fingerprint density at radius 3 is 2.60 bits per heavy atom. The number of hydrogen-bond donors (Lipinski definition) is 0. The number of anilines is 1. The van der Waals surface area contributed by atoms with E-state index in [4.69, 9.17) is 4.42 Å². The molecule has 1 amide bonds. The van der Waals surface area contributed by atoms with Gasteiger partial charge in [-0.3, -0.25) is 4.79 Å². The second kappa shape index (κ2) is 5.41. The van der Waals surface area contributed by atoms with Crippen molar-refractivity contribution in [1.29, 1.82) is 0 Å². The fourth-order valence-corrected chi connectivity index (χ4v) is 2.67. The highest BCUT2D eigenvalue weighted by Gasteiger charge is 2.29. The van der Waals surface area contributed by atoms with Gasteiger partial charge in [-0.05, 0) is 31.2 Å². The van der Waals surface area contributed by atoms with Gasteiger partial charge in [0.2, 0.25) is 0 Å². The van der Waals surface area contributed by atoms with Gasteiger partial charge in [-0.2, -0.15) is 0 Å². The Kier molecular flexibility index (Phi) is 3.46. The zero-order valence-electron chi connectivity index (χ0n) is 11.5. The maximum atomic E-state index is 12.3. The highest BCUT2D eigenvalue weighted by Crippen LogP contribution is 2.20. The first kappa shape index (κ1) is 12.8. The van der Waals surface area contributed by atoms with E-state index >= 15 is 0 Å². The number of amides is 1. The molecule has 1 aromatic heterocycles. The van der Waals surface area contributed by atoms with Gasteiger partial charge in [0, 0.05) is 31.4 Å². The molecule has 0 N–H and O–H groups in total. The van der Waals surface area contributed by atoms with Crippen LogP contribution in [0.15, 0.2) is 53.1 Å². The highest BCUT2D eigenvalue weighted by molar-refractivity contribution is 5.91. The molecule has 1 aromatic carbocycles. The summed E-state index contributed by atoms with van der Waals surface area (Å²) in [5.74, 6) is 0.403. The quantitative estimate of drug-likeness (QED) is 0.841. The molecule has 104 valence electrons. The number of carbonyl (C=O) groups is 1. The Labute approximate surface area is 118 Å². The molecule has 1 aliphatic rings. The summed E-state index contributed by atoms with van der Waals surface area (Å²) in [6, 6.07) is 14.0. The summed E-state index contributed by atoms with van der Waals surface area (Å²) in [5, 5.41) is 0. The predicted molar refractivity (Wildman–Crippen MR) is 77.9 cm³/mol. The van der Waals surface area contributed by atoms with E-state index in [1.54, 1.807) is 12.1 Å². The summed E-state index contributed by atoms with van der Waals surface area (Å²) in [6.45, 7) is 4.49. The molecule has 2 heterocycles. The van der Waals surface area contributed by atoms with Gasteiger partial charge in [0.25, 0.3) is 5.91 Å². The van der Waals surface area contributed by atoms with E-state index in [9.17, 15) is 4.79 Å². The maximum Gasteiger partial charge on any atom is 0.289 e. The topological polar surface area (TPSA) is 36.7 Å². The number of carbonyl (C=O) groups excluding carboxylic acids is 1. The summed E-state index contributed by atoms with van der Waals surface area (Å²) in [7, 11) is 0. The third kappa shape index (κ3) is 2.41. The summed E-state index contributed by atoms with van der Waals surface area (Å²) in [6.07, 6.45) is 1.54. The average Bonchev–Trinajstić information content (AvgIpc) is 3.01. The van der Waals surface area contributed by atoms with Gasteiger partial charge < -0.3 is 14.2 Å². The third-order valence-corrected chi connectivity index (χ3v) is 3.74. The van der Waals surface area contributed by atoms with Gasteiger partial charge in [0.05, 0.1) is 6.26 Å². The van der Waals surface area contributed by atoms with E-state index in [1.807, 2.05) is 23.1 Å². The van der Waals surface area contributed by atoms with Gasteiger partial charge in [-0.1, -0.05) is 18.2 Å². The monoisotopic (exact) mass is 270 g/mol. The van der Waals surface area contributed by atoms with Crippen LogP contribution in [0.1, 0.15) is 17.5 Å². The zero-order valence-corrected chi connectivity index (χ0v) is 11.5. The predicted octanol–water partition coefficient (Wildman–Crippen LogP) is 2.63. The molecular weight excluding hydrogens is 252 g/mol. The molecule has 4 nitrogen and oxygen atoms in total. The molecule has 20 heavy (non-hydrogen) atoms. The van der Waals surface area contributed by atoms with Crippen molar-refractivity contribution in [2.75, 3.05) is 24.5 Å². The Morgan fingerprint density at radius 2 is 1.95 bits per heavy atom. The van der Waals surface area contributed by atoms with Gasteiger partial charge in [0.1, 0.15) is 0 Å². The van der Waals surface area contributed by atoms with Gasteiger partial charge >= 0.3 is 0 Å². The molecule has 0 saturated carbocycles. The molecule has 0 bridgehead atoms. The van der Waals surface area contributed by atoms with Crippen LogP contribution >= 0.6 is 0 Å². The summed E-state index contributed by atoms with van der Waals surface area (Å²) in [4.78, 5) is 16.5. The fraction of sp³-hybridized carbons (Fsp3) is 0.312. The molecule has 1 aliphatic heterocycles. The number of nitrogens with zero attached hydrogens (tertiary/aromatic N) is 2. The smallest absolute Gasteiger partial charge is 0.289 e. The summed E-state index contributed by atoms with van der Waals surface area (Å²) >= 11 is 0. The molecule has 4 heteroatoms. The number of hydrogen-bond acceptors (Lipinski definition) is 3. The van der Waals surface area contributed by atoms with Crippen molar-refractivity contribution < 1.29 is 9.21 Å². The zero-order chi connectivity index (χ0) is 13.9. The molecule has 0 spiro atoms.